The fourth-order valence-corrected chi connectivity index (χ4v) is 3.08. The van der Waals surface area contributed by atoms with Crippen LogP contribution in [0.5, 0.6) is 5.75 Å². The van der Waals surface area contributed by atoms with Crippen molar-refractivity contribution in [2.75, 3.05) is 18.9 Å². The van der Waals surface area contributed by atoms with Gasteiger partial charge in [0.25, 0.3) is 0 Å². The first-order chi connectivity index (χ1) is 9.75. The summed E-state index contributed by atoms with van der Waals surface area (Å²) in [4.78, 5) is 4.64. The van der Waals surface area contributed by atoms with Crippen LogP contribution in [0.4, 0.5) is 0 Å². The molecule has 0 spiro atoms. The van der Waals surface area contributed by atoms with Crippen LogP contribution in [0.2, 0.25) is 0 Å². The van der Waals surface area contributed by atoms with Crippen molar-refractivity contribution in [3.63, 3.8) is 0 Å². The highest BCUT2D eigenvalue weighted by Crippen LogP contribution is 2.18. The van der Waals surface area contributed by atoms with E-state index in [1.165, 1.54) is 12.2 Å². The van der Waals surface area contributed by atoms with E-state index < -0.39 is 0 Å². The molecule has 0 radical (unpaired) electrons. The van der Waals surface area contributed by atoms with E-state index in [-0.39, 0.29) is 0 Å². The van der Waals surface area contributed by atoms with Crippen molar-refractivity contribution in [1.29, 1.82) is 0 Å². The van der Waals surface area contributed by atoms with Gasteiger partial charge in [0, 0.05) is 24.8 Å². The van der Waals surface area contributed by atoms with Gasteiger partial charge in [0.15, 0.2) is 5.17 Å². The topological polar surface area (TPSA) is 33.6 Å². The number of para-hydroxylation sites is 1. The van der Waals surface area contributed by atoms with Crippen LogP contribution in [0.25, 0.3) is 0 Å². The van der Waals surface area contributed by atoms with E-state index in [0.717, 1.165) is 30.5 Å². The molecular weight excluding hydrogens is 268 g/mol. The van der Waals surface area contributed by atoms with Gasteiger partial charge in [-0.1, -0.05) is 43.8 Å². The van der Waals surface area contributed by atoms with Crippen LogP contribution in [0.15, 0.2) is 35.3 Å². The summed E-state index contributed by atoms with van der Waals surface area (Å²) in [6.45, 7) is 6.07. The highest BCUT2D eigenvalue weighted by molar-refractivity contribution is 8.13. The molecule has 0 saturated carbocycles. The Kier molecular flexibility index (Phi) is 6.25. The molecule has 3 nitrogen and oxygen atoms in total. The van der Waals surface area contributed by atoms with Crippen molar-refractivity contribution in [1.82, 2.24) is 5.32 Å². The molecule has 1 fully saturated rings. The second kappa shape index (κ2) is 8.20. The van der Waals surface area contributed by atoms with Gasteiger partial charge >= 0.3 is 0 Å². The largest absolute Gasteiger partial charge is 0.494 e. The van der Waals surface area contributed by atoms with Crippen molar-refractivity contribution in [2.24, 2.45) is 10.9 Å². The molecule has 1 atom stereocenters. The summed E-state index contributed by atoms with van der Waals surface area (Å²) in [6.07, 6.45) is 2.19. The monoisotopic (exact) mass is 292 g/mol. The van der Waals surface area contributed by atoms with Gasteiger partial charge < -0.3 is 10.1 Å². The van der Waals surface area contributed by atoms with Crippen LogP contribution in [-0.4, -0.2) is 30.1 Å². The van der Waals surface area contributed by atoms with Crippen LogP contribution in [-0.2, 0) is 0 Å². The summed E-state index contributed by atoms with van der Waals surface area (Å²) in [5.74, 6) is 2.78. The second-order valence-electron chi connectivity index (χ2n) is 5.33. The number of ether oxygens (including phenoxy) is 1. The van der Waals surface area contributed by atoms with E-state index in [1.54, 1.807) is 0 Å². The van der Waals surface area contributed by atoms with Crippen molar-refractivity contribution in [2.45, 2.75) is 32.7 Å². The van der Waals surface area contributed by atoms with E-state index >= 15 is 0 Å². The van der Waals surface area contributed by atoms with Crippen molar-refractivity contribution >= 4 is 16.9 Å². The van der Waals surface area contributed by atoms with Crippen LogP contribution in [0, 0.1) is 5.92 Å². The van der Waals surface area contributed by atoms with Crippen molar-refractivity contribution < 1.29 is 4.74 Å². The number of aliphatic imine (C=N–C) groups is 1. The molecule has 1 heterocycles. The predicted octanol–water partition coefficient (Wildman–Crippen LogP) is 3.56. The lowest BCUT2D eigenvalue weighted by molar-refractivity contribution is 0.313. The lowest BCUT2D eigenvalue weighted by Gasteiger charge is -2.28. The smallest absolute Gasteiger partial charge is 0.156 e. The molecule has 110 valence electrons. The molecule has 1 aromatic carbocycles. The Hall–Kier alpha value is -1.16. The molecule has 1 unspecified atom stereocenters. The highest BCUT2D eigenvalue weighted by Gasteiger charge is 2.19. The quantitative estimate of drug-likeness (QED) is 0.814. The number of benzene rings is 1. The molecule has 0 amide bonds. The van der Waals surface area contributed by atoms with E-state index in [1.807, 2.05) is 42.1 Å². The van der Waals surface area contributed by atoms with Gasteiger partial charge in [-0.15, -0.1) is 0 Å². The van der Waals surface area contributed by atoms with Crippen LogP contribution >= 0.6 is 11.8 Å². The normalized spacial score (nSPS) is 20.9. The fourth-order valence-electron chi connectivity index (χ4n) is 2.10. The van der Waals surface area contributed by atoms with Gasteiger partial charge in [-0.05, 0) is 24.5 Å². The Labute approximate surface area is 126 Å². The first-order valence-corrected chi connectivity index (χ1v) is 8.36. The first-order valence-electron chi connectivity index (χ1n) is 7.37. The minimum atomic E-state index is 0.579. The van der Waals surface area contributed by atoms with Gasteiger partial charge in [0.05, 0.1) is 6.61 Å². The molecule has 1 aliphatic rings. The highest BCUT2D eigenvalue weighted by atomic mass is 32.2. The second-order valence-corrected chi connectivity index (χ2v) is 6.42. The van der Waals surface area contributed by atoms with Gasteiger partial charge in [0.2, 0.25) is 0 Å². The van der Waals surface area contributed by atoms with E-state index in [0.29, 0.717) is 12.0 Å². The summed E-state index contributed by atoms with van der Waals surface area (Å²) in [5.41, 5.74) is 0. The Bertz CT molecular complexity index is 420. The molecule has 1 aromatic rings. The maximum absolute atomic E-state index is 5.66. The summed E-state index contributed by atoms with van der Waals surface area (Å²) >= 11 is 1.84. The third-order valence-corrected chi connectivity index (χ3v) is 4.31. The molecule has 4 heteroatoms. The molecule has 2 rings (SSSR count). The van der Waals surface area contributed by atoms with E-state index in [2.05, 4.69) is 24.2 Å². The number of thioether (sulfide) groups is 1. The zero-order chi connectivity index (χ0) is 14.2. The van der Waals surface area contributed by atoms with E-state index in [4.69, 9.17) is 4.74 Å². The molecule has 1 aliphatic heterocycles. The Morgan fingerprint density at radius 1 is 1.35 bits per heavy atom. The molecule has 0 aliphatic carbocycles. The summed E-state index contributed by atoms with van der Waals surface area (Å²) in [6, 6.07) is 10.5. The van der Waals surface area contributed by atoms with Gasteiger partial charge in [-0.25, -0.2) is 0 Å². The standard InChI is InChI=1S/C16H24N2OS/c1-13(2)15-9-12-20-16(18-15)17-10-6-11-19-14-7-4-3-5-8-14/h3-5,7-8,13,15H,6,9-12H2,1-2H3,(H,17,18). The number of nitrogens with zero attached hydrogens (tertiary/aromatic N) is 1. The number of nitrogens with one attached hydrogen (secondary N) is 1. The number of amidine groups is 1. The zero-order valence-electron chi connectivity index (χ0n) is 12.3. The van der Waals surface area contributed by atoms with Gasteiger partial charge in [-0.2, -0.15) is 0 Å². The third kappa shape index (κ3) is 5.08. The maximum atomic E-state index is 5.66. The lowest BCUT2D eigenvalue weighted by atomic mass is 10.0. The van der Waals surface area contributed by atoms with Crippen molar-refractivity contribution in [3.05, 3.63) is 30.3 Å². The summed E-state index contributed by atoms with van der Waals surface area (Å²) < 4.78 is 5.66. The van der Waals surface area contributed by atoms with Crippen LogP contribution in [0.1, 0.15) is 26.7 Å². The maximum Gasteiger partial charge on any atom is 0.156 e. The van der Waals surface area contributed by atoms with Gasteiger partial charge in [-0.3, -0.25) is 4.99 Å². The Morgan fingerprint density at radius 2 is 2.15 bits per heavy atom. The zero-order valence-corrected chi connectivity index (χ0v) is 13.2. The molecule has 1 N–H and O–H groups in total. The molecule has 20 heavy (non-hydrogen) atoms. The predicted molar refractivity (Wildman–Crippen MR) is 87.7 cm³/mol. The molecular formula is C16H24N2OS. The lowest BCUT2D eigenvalue weighted by Crippen LogP contribution is -2.41. The van der Waals surface area contributed by atoms with E-state index in [9.17, 15) is 0 Å². The molecule has 1 saturated heterocycles. The number of hydrogen-bond acceptors (Lipinski definition) is 3. The van der Waals surface area contributed by atoms with Gasteiger partial charge in [0.1, 0.15) is 5.75 Å². The average molecular weight is 292 g/mol. The Morgan fingerprint density at radius 3 is 2.90 bits per heavy atom. The minimum Gasteiger partial charge on any atom is -0.494 e. The molecule has 0 aromatic heterocycles. The number of hydrogen-bond donors (Lipinski definition) is 1. The summed E-state index contributed by atoms with van der Waals surface area (Å²) in [5, 5.41) is 4.64. The average Bonchev–Trinajstić information content (AvgIpc) is 2.48. The molecule has 0 bridgehead atoms. The number of rotatable bonds is 6. The summed E-state index contributed by atoms with van der Waals surface area (Å²) in [7, 11) is 0. The third-order valence-electron chi connectivity index (χ3n) is 3.35. The SMILES string of the molecule is CC(C)C1CCSC(=NCCCOc2ccccc2)N1. The first kappa shape index (κ1) is 15.2. The Balaban J connectivity index is 1.66. The fraction of sp³-hybridized carbons (Fsp3) is 0.562. The van der Waals surface area contributed by atoms with Crippen molar-refractivity contribution in [3.8, 4) is 5.75 Å². The van der Waals surface area contributed by atoms with Crippen LogP contribution in [0.3, 0.4) is 0 Å². The minimum absolute atomic E-state index is 0.579. The van der Waals surface area contributed by atoms with Crippen LogP contribution < -0.4 is 10.1 Å².